The molecule has 0 spiro atoms. The SMILES string of the molecule is CC(C)(C)n1nc(CCN)[nH]c1=O. The minimum atomic E-state index is -0.277. The van der Waals surface area contributed by atoms with E-state index in [-0.39, 0.29) is 11.2 Å². The summed E-state index contributed by atoms with van der Waals surface area (Å²) in [5.74, 6) is 0.655. The average molecular weight is 184 g/mol. The molecule has 0 saturated carbocycles. The summed E-state index contributed by atoms with van der Waals surface area (Å²) in [6.45, 7) is 6.29. The van der Waals surface area contributed by atoms with Gasteiger partial charge in [-0.2, -0.15) is 5.10 Å². The van der Waals surface area contributed by atoms with Gasteiger partial charge in [-0.05, 0) is 27.3 Å². The first-order valence-corrected chi connectivity index (χ1v) is 4.34. The van der Waals surface area contributed by atoms with E-state index in [2.05, 4.69) is 10.1 Å². The van der Waals surface area contributed by atoms with Crippen LogP contribution in [0, 0.1) is 0 Å². The number of hydrogen-bond donors (Lipinski definition) is 2. The summed E-state index contributed by atoms with van der Waals surface area (Å²) in [5, 5.41) is 4.14. The zero-order valence-electron chi connectivity index (χ0n) is 8.29. The second-order valence-corrected chi connectivity index (χ2v) is 4.00. The summed E-state index contributed by atoms with van der Waals surface area (Å²) < 4.78 is 1.44. The van der Waals surface area contributed by atoms with E-state index in [1.165, 1.54) is 4.68 Å². The van der Waals surface area contributed by atoms with Crippen LogP contribution in [0.25, 0.3) is 0 Å². The molecule has 1 rings (SSSR count). The molecule has 0 aromatic carbocycles. The van der Waals surface area contributed by atoms with Crippen LogP contribution in [0.2, 0.25) is 0 Å². The molecule has 0 fully saturated rings. The predicted octanol–water partition coefficient (Wildman–Crippen LogP) is -0.172. The van der Waals surface area contributed by atoms with Crippen molar-refractivity contribution in [1.29, 1.82) is 0 Å². The van der Waals surface area contributed by atoms with Crippen molar-refractivity contribution in [2.45, 2.75) is 32.7 Å². The Morgan fingerprint density at radius 3 is 2.54 bits per heavy atom. The third kappa shape index (κ3) is 2.18. The zero-order valence-corrected chi connectivity index (χ0v) is 8.29. The summed E-state index contributed by atoms with van der Waals surface area (Å²) >= 11 is 0. The van der Waals surface area contributed by atoms with Crippen LogP contribution in [0.3, 0.4) is 0 Å². The van der Waals surface area contributed by atoms with Gasteiger partial charge in [-0.3, -0.25) is 4.98 Å². The maximum Gasteiger partial charge on any atom is 0.343 e. The molecule has 0 atom stereocenters. The van der Waals surface area contributed by atoms with Crippen LogP contribution in [0.4, 0.5) is 0 Å². The van der Waals surface area contributed by atoms with E-state index in [0.717, 1.165) is 0 Å². The van der Waals surface area contributed by atoms with Gasteiger partial charge in [0.05, 0.1) is 5.54 Å². The number of nitrogens with one attached hydrogen (secondary N) is 1. The summed E-state index contributed by atoms with van der Waals surface area (Å²) in [7, 11) is 0. The van der Waals surface area contributed by atoms with Crippen molar-refractivity contribution in [2.24, 2.45) is 5.73 Å². The van der Waals surface area contributed by atoms with Crippen LogP contribution >= 0.6 is 0 Å². The molecule has 0 radical (unpaired) electrons. The van der Waals surface area contributed by atoms with Gasteiger partial charge in [-0.25, -0.2) is 9.48 Å². The molecule has 1 aromatic heterocycles. The second-order valence-electron chi connectivity index (χ2n) is 4.00. The minimum absolute atomic E-state index is 0.170. The molecule has 0 aliphatic heterocycles. The summed E-state index contributed by atoms with van der Waals surface area (Å²) in [6.07, 6.45) is 0.609. The van der Waals surface area contributed by atoms with Gasteiger partial charge in [0, 0.05) is 6.42 Å². The molecule has 0 bridgehead atoms. The predicted molar refractivity (Wildman–Crippen MR) is 50.6 cm³/mol. The Balaban J connectivity index is 3.04. The number of aromatic amines is 1. The lowest BCUT2D eigenvalue weighted by atomic mass is 10.1. The topological polar surface area (TPSA) is 76.7 Å². The average Bonchev–Trinajstić information content (AvgIpc) is 2.30. The lowest BCUT2D eigenvalue weighted by Crippen LogP contribution is -2.33. The molecule has 3 N–H and O–H groups in total. The summed E-state index contributed by atoms with van der Waals surface area (Å²) in [6, 6.07) is 0. The van der Waals surface area contributed by atoms with Crippen LogP contribution in [0.5, 0.6) is 0 Å². The van der Waals surface area contributed by atoms with Gasteiger partial charge >= 0.3 is 5.69 Å². The Morgan fingerprint density at radius 1 is 1.54 bits per heavy atom. The Kier molecular flexibility index (Phi) is 2.56. The molecular formula is C8H16N4O. The highest BCUT2D eigenvalue weighted by atomic mass is 16.2. The van der Waals surface area contributed by atoms with Gasteiger partial charge in [0.15, 0.2) is 0 Å². The van der Waals surface area contributed by atoms with E-state index < -0.39 is 0 Å². The molecule has 13 heavy (non-hydrogen) atoms. The first-order chi connectivity index (χ1) is 5.95. The Morgan fingerprint density at radius 2 is 2.15 bits per heavy atom. The monoisotopic (exact) mass is 184 g/mol. The lowest BCUT2D eigenvalue weighted by molar-refractivity contribution is 0.342. The second kappa shape index (κ2) is 3.33. The highest BCUT2D eigenvalue weighted by Gasteiger charge is 2.17. The molecule has 74 valence electrons. The van der Waals surface area contributed by atoms with E-state index in [0.29, 0.717) is 18.8 Å². The number of hydrogen-bond acceptors (Lipinski definition) is 3. The minimum Gasteiger partial charge on any atom is -0.330 e. The number of nitrogens with two attached hydrogens (primary N) is 1. The normalized spacial score (nSPS) is 12.0. The molecular weight excluding hydrogens is 168 g/mol. The molecule has 0 unspecified atom stereocenters. The van der Waals surface area contributed by atoms with Gasteiger partial charge in [0.25, 0.3) is 0 Å². The largest absolute Gasteiger partial charge is 0.343 e. The van der Waals surface area contributed by atoms with Crippen LogP contribution in [-0.4, -0.2) is 21.3 Å². The Hall–Kier alpha value is -1.10. The van der Waals surface area contributed by atoms with Gasteiger partial charge in [-0.15, -0.1) is 0 Å². The summed E-state index contributed by atoms with van der Waals surface area (Å²) in [5.41, 5.74) is 4.91. The number of H-pyrrole nitrogens is 1. The van der Waals surface area contributed by atoms with Crippen molar-refractivity contribution >= 4 is 0 Å². The van der Waals surface area contributed by atoms with Gasteiger partial charge < -0.3 is 5.73 Å². The number of nitrogens with zero attached hydrogens (tertiary/aromatic N) is 2. The highest BCUT2D eigenvalue weighted by molar-refractivity contribution is 4.86. The first-order valence-electron chi connectivity index (χ1n) is 4.34. The molecule has 0 saturated heterocycles. The molecule has 5 nitrogen and oxygen atoms in total. The molecule has 5 heteroatoms. The lowest BCUT2D eigenvalue weighted by Gasteiger charge is -2.16. The van der Waals surface area contributed by atoms with Crippen LogP contribution in [0.1, 0.15) is 26.6 Å². The summed E-state index contributed by atoms with van der Waals surface area (Å²) in [4.78, 5) is 14.0. The van der Waals surface area contributed by atoms with Crippen molar-refractivity contribution < 1.29 is 0 Å². The number of aromatic nitrogens is 3. The van der Waals surface area contributed by atoms with Crippen LogP contribution in [0.15, 0.2) is 4.79 Å². The van der Waals surface area contributed by atoms with Crippen molar-refractivity contribution in [1.82, 2.24) is 14.8 Å². The molecule has 0 amide bonds. The van der Waals surface area contributed by atoms with Gasteiger partial charge in [0.2, 0.25) is 0 Å². The number of rotatable bonds is 2. The smallest absolute Gasteiger partial charge is 0.330 e. The maximum absolute atomic E-state index is 11.4. The fourth-order valence-corrected chi connectivity index (χ4v) is 1.07. The Labute approximate surface area is 76.9 Å². The Bertz CT molecular complexity index is 331. The quantitative estimate of drug-likeness (QED) is 0.669. The van der Waals surface area contributed by atoms with E-state index in [4.69, 9.17) is 5.73 Å². The van der Waals surface area contributed by atoms with E-state index >= 15 is 0 Å². The molecule has 0 aliphatic rings. The van der Waals surface area contributed by atoms with Gasteiger partial charge in [-0.1, -0.05) is 0 Å². The molecule has 1 heterocycles. The third-order valence-corrected chi connectivity index (χ3v) is 1.68. The van der Waals surface area contributed by atoms with Gasteiger partial charge in [0.1, 0.15) is 5.82 Å². The van der Waals surface area contributed by atoms with Crippen molar-refractivity contribution in [2.75, 3.05) is 6.54 Å². The standard InChI is InChI=1S/C8H16N4O/c1-8(2,3)12-7(13)10-6(11-12)4-5-9/h4-5,9H2,1-3H3,(H,10,11,13). The van der Waals surface area contributed by atoms with Crippen LogP contribution in [-0.2, 0) is 12.0 Å². The molecule has 0 aliphatic carbocycles. The van der Waals surface area contributed by atoms with E-state index in [1.54, 1.807) is 0 Å². The fourth-order valence-electron chi connectivity index (χ4n) is 1.07. The van der Waals surface area contributed by atoms with Crippen molar-refractivity contribution in [3.63, 3.8) is 0 Å². The van der Waals surface area contributed by atoms with E-state index in [1.807, 2.05) is 20.8 Å². The first kappa shape index (κ1) is 9.98. The maximum atomic E-state index is 11.4. The van der Waals surface area contributed by atoms with Crippen molar-refractivity contribution in [3.8, 4) is 0 Å². The molecule has 1 aromatic rings. The van der Waals surface area contributed by atoms with E-state index in [9.17, 15) is 4.79 Å². The van der Waals surface area contributed by atoms with Crippen LogP contribution < -0.4 is 11.4 Å². The van der Waals surface area contributed by atoms with Crippen molar-refractivity contribution in [3.05, 3.63) is 16.3 Å². The fraction of sp³-hybridized carbons (Fsp3) is 0.750. The zero-order chi connectivity index (χ0) is 10.1. The highest BCUT2D eigenvalue weighted by Crippen LogP contribution is 2.08. The third-order valence-electron chi connectivity index (χ3n) is 1.68.